The van der Waals surface area contributed by atoms with E-state index in [1.165, 1.54) is 0 Å². The molecule has 0 aliphatic heterocycles. The number of methoxy groups -OCH3 is 1. The van der Waals surface area contributed by atoms with Gasteiger partial charge in [0.2, 0.25) is 0 Å². The first-order valence-corrected chi connectivity index (χ1v) is 6.08. The summed E-state index contributed by atoms with van der Waals surface area (Å²) >= 11 is 0. The highest BCUT2D eigenvalue weighted by Gasteiger charge is 2.15. The molecule has 0 bridgehead atoms. The minimum Gasteiger partial charge on any atom is -0.497 e. The molecular formula is C14H21NO3. The Hall–Kier alpha value is -1.55. The second-order valence-electron chi connectivity index (χ2n) is 4.17. The Bertz CT molecular complexity index is 392. The van der Waals surface area contributed by atoms with Gasteiger partial charge >= 0.3 is 5.97 Å². The fraction of sp³-hybridized carbons (Fsp3) is 0.500. The molecule has 100 valence electrons. The van der Waals surface area contributed by atoms with E-state index >= 15 is 0 Å². The fourth-order valence-electron chi connectivity index (χ4n) is 1.70. The first kappa shape index (κ1) is 14.5. The molecule has 0 spiro atoms. The Morgan fingerprint density at radius 2 is 2.17 bits per heavy atom. The molecule has 0 aromatic heterocycles. The van der Waals surface area contributed by atoms with E-state index in [9.17, 15) is 4.79 Å². The molecule has 4 heteroatoms. The number of likely N-dealkylation sites (N-methyl/N-ethyl adjacent to an activating group) is 1. The van der Waals surface area contributed by atoms with Gasteiger partial charge in [-0.2, -0.15) is 0 Å². The van der Waals surface area contributed by atoms with Crippen LogP contribution in [-0.4, -0.2) is 38.2 Å². The molecule has 1 aromatic carbocycles. The Labute approximate surface area is 108 Å². The smallest absolute Gasteiger partial charge is 0.320 e. The van der Waals surface area contributed by atoms with Crippen LogP contribution in [0.4, 0.5) is 0 Å². The van der Waals surface area contributed by atoms with Gasteiger partial charge in [0.1, 0.15) is 5.75 Å². The topological polar surface area (TPSA) is 38.8 Å². The molecule has 4 nitrogen and oxygen atoms in total. The maximum Gasteiger partial charge on any atom is 0.320 e. The van der Waals surface area contributed by atoms with Crippen molar-refractivity contribution in [1.82, 2.24) is 4.90 Å². The molecule has 0 N–H and O–H groups in total. The molecule has 0 heterocycles. The summed E-state index contributed by atoms with van der Waals surface area (Å²) in [4.78, 5) is 13.4. The van der Waals surface area contributed by atoms with Crippen molar-refractivity contribution in [2.75, 3.05) is 27.3 Å². The molecular weight excluding hydrogens is 230 g/mol. The zero-order chi connectivity index (χ0) is 13.5. The zero-order valence-corrected chi connectivity index (χ0v) is 11.5. The molecule has 18 heavy (non-hydrogen) atoms. The summed E-state index contributed by atoms with van der Waals surface area (Å²) in [6.07, 6.45) is 0. The van der Waals surface area contributed by atoms with E-state index < -0.39 is 0 Å². The number of nitrogens with zero attached hydrogens (tertiary/aromatic N) is 1. The van der Waals surface area contributed by atoms with E-state index in [-0.39, 0.29) is 18.6 Å². The number of esters is 1. The highest BCUT2D eigenvalue weighted by atomic mass is 16.5. The molecule has 0 fully saturated rings. The number of carbonyl (C=O) groups excluding carboxylic acids is 1. The lowest BCUT2D eigenvalue weighted by Crippen LogP contribution is -2.29. The van der Waals surface area contributed by atoms with E-state index in [2.05, 4.69) is 0 Å². The Morgan fingerprint density at radius 1 is 1.44 bits per heavy atom. The third-order valence-corrected chi connectivity index (χ3v) is 2.92. The lowest BCUT2D eigenvalue weighted by Gasteiger charge is -2.24. The average molecular weight is 251 g/mol. The molecule has 0 aliphatic carbocycles. The van der Waals surface area contributed by atoms with E-state index in [1.54, 1.807) is 7.11 Å². The van der Waals surface area contributed by atoms with Crippen molar-refractivity contribution in [2.45, 2.75) is 19.9 Å². The van der Waals surface area contributed by atoms with Gasteiger partial charge in [-0.25, -0.2) is 0 Å². The Balaban J connectivity index is 2.67. The monoisotopic (exact) mass is 251 g/mol. The van der Waals surface area contributed by atoms with Crippen LogP contribution in [0.3, 0.4) is 0 Å². The maximum atomic E-state index is 11.4. The van der Waals surface area contributed by atoms with Gasteiger partial charge in [-0.3, -0.25) is 9.69 Å². The number of ether oxygens (including phenoxy) is 2. The van der Waals surface area contributed by atoms with Gasteiger partial charge in [-0.05, 0) is 38.6 Å². The summed E-state index contributed by atoms with van der Waals surface area (Å²) in [6, 6.07) is 7.98. The second-order valence-corrected chi connectivity index (χ2v) is 4.17. The van der Waals surface area contributed by atoms with Gasteiger partial charge in [0.05, 0.1) is 20.3 Å². The van der Waals surface area contributed by atoms with Crippen LogP contribution in [0.1, 0.15) is 25.5 Å². The van der Waals surface area contributed by atoms with Crippen LogP contribution in [0.15, 0.2) is 24.3 Å². The van der Waals surface area contributed by atoms with Crippen LogP contribution >= 0.6 is 0 Å². The molecule has 1 aromatic rings. The summed E-state index contributed by atoms with van der Waals surface area (Å²) in [5, 5.41) is 0. The lowest BCUT2D eigenvalue weighted by molar-refractivity contribution is -0.144. The number of benzene rings is 1. The van der Waals surface area contributed by atoms with Gasteiger partial charge in [-0.1, -0.05) is 12.1 Å². The quantitative estimate of drug-likeness (QED) is 0.727. The van der Waals surface area contributed by atoms with E-state index in [1.807, 2.05) is 50.1 Å². The SMILES string of the molecule is CCOC(=O)CN(C)C(C)c1cccc(OC)c1. The number of rotatable bonds is 6. The molecule has 1 unspecified atom stereocenters. The van der Waals surface area contributed by atoms with Crippen LogP contribution in [0.25, 0.3) is 0 Å². The predicted molar refractivity (Wildman–Crippen MR) is 70.7 cm³/mol. The molecule has 0 aliphatic rings. The van der Waals surface area contributed by atoms with Crippen LogP contribution in [0, 0.1) is 0 Å². The second kappa shape index (κ2) is 7.01. The predicted octanol–water partition coefficient (Wildman–Crippen LogP) is 2.25. The van der Waals surface area contributed by atoms with E-state index in [0.717, 1.165) is 11.3 Å². The maximum absolute atomic E-state index is 11.4. The van der Waals surface area contributed by atoms with Crippen molar-refractivity contribution in [3.8, 4) is 5.75 Å². The minimum atomic E-state index is -0.199. The third-order valence-electron chi connectivity index (χ3n) is 2.92. The van der Waals surface area contributed by atoms with Crippen molar-refractivity contribution in [1.29, 1.82) is 0 Å². The molecule has 0 amide bonds. The first-order valence-electron chi connectivity index (χ1n) is 6.08. The Kier molecular flexibility index (Phi) is 5.65. The van der Waals surface area contributed by atoms with Crippen molar-refractivity contribution >= 4 is 5.97 Å². The van der Waals surface area contributed by atoms with Crippen molar-refractivity contribution < 1.29 is 14.3 Å². The van der Waals surface area contributed by atoms with Gasteiger partial charge < -0.3 is 9.47 Å². The van der Waals surface area contributed by atoms with Crippen molar-refractivity contribution in [2.24, 2.45) is 0 Å². The normalized spacial score (nSPS) is 12.3. The van der Waals surface area contributed by atoms with E-state index in [0.29, 0.717) is 6.61 Å². The lowest BCUT2D eigenvalue weighted by atomic mass is 10.1. The number of hydrogen-bond donors (Lipinski definition) is 0. The summed E-state index contributed by atoms with van der Waals surface area (Å²) < 4.78 is 10.1. The molecule has 0 radical (unpaired) electrons. The standard InChI is InChI=1S/C14H21NO3/c1-5-18-14(16)10-15(3)11(2)12-7-6-8-13(9-12)17-4/h6-9,11H,5,10H2,1-4H3. The van der Waals surface area contributed by atoms with Gasteiger partial charge in [0.25, 0.3) is 0 Å². The molecule has 0 saturated carbocycles. The van der Waals surface area contributed by atoms with Crippen LogP contribution in [0.2, 0.25) is 0 Å². The summed E-state index contributed by atoms with van der Waals surface area (Å²) in [6.45, 7) is 4.56. The van der Waals surface area contributed by atoms with Crippen LogP contribution < -0.4 is 4.74 Å². The summed E-state index contributed by atoms with van der Waals surface area (Å²) in [7, 11) is 3.55. The molecule has 1 atom stereocenters. The van der Waals surface area contributed by atoms with Gasteiger partial charge in [0.15, 0.2) is 0 Å². The number of hydrogen-bond acceptors (Lipinski definition) is 4. The van der Waals surface area contributed by atoms with Gasteiger partial charge in [-0.15, -0.1) is 0 Å². The van der Waals surface area contributed by atoms with Gasteiger partial charge in [0, 0.05) is 6.04 Å². The molecule has 1 rings (SSSR count). The first-order chi connectivity index (χ1) is 8.58. The fourth-order valence-corrected chi connectivity index (χ4v) is 1.70. The number of carbonyl (C=O) groups is 1. The van der Waals surface area contributed by atoms with Crippen LogP contribution in [-0.2, 0) is 9.53 Å². The molecule has 0 saturated heterocycles. The largest absolute Gasteiger partial charge is 0.497 e. The summed E-state index contributed by atoms with van der Waals surface area (Å²) in [5.41, 5.74) is 1.11. The van der Waals surface area contributed by atoms with E-state index in [4.69, 9.17) is 9.47 Å². The zero-order valence-electron chi connectivity index (χ0n) is 11.5. The van der Waals surface area contributed by atoms with Crippen molar-refractivity contribution in [3.05, 3.63) is 29.8 Å². The Morgan fingerprint density at radius 3 is 2.78 bits per heavy atom. The third kappa shape index (κ3) is 4.04. The highest BCUT2D eigenvalue weighted by molar-refractivity contribution is 5.71. The average Bonchev–Trinajstić information content (AvgIpc) is 2.38. The highest BCUT2D eigenvalue weighted by Crippen LogP contribution is 2.22. The minimum absolute atomic E-state index is 0.129. The van der Waals surface area contributed by atoms with Crippen molar-refractivity contribution in [3.63, 3.8) is 0 Å². The van der Waals surface area contributed by atoms with Crippen LogP contribution in [0.5, 0.6) is 5.75 Å². The summed E-state index contributed by atoms with van der Waals surface area (Å²) in [5.74, 6) is 0.624.